The molecule has 8 unspecified atom stereocenters. The Morgan fingerprint density at radius 3 is 1.63 bits per heavy atom. The number of nitrogens with two attached hydrogens (primary N) is 3. The molecule has 0 aliphatic carbocycles. The standard InChI is InChI=1S/C55H55N8O19P3.C21H26N7O15P3/c1-29(78-53-47-52(58-55(56)59-53)62(28-57-47)45-26-43(65)44(79-45)27-77-84(73,74)82-85(75,76)81-83(70,71)72)34-16-14-30(22-41(34)63(68)69)8-2-3-13-42(64)31-15-17-35(54(66)67)38(23-31)46-39-24-32-9-4-18-60-20-6-11-36(48(32)60)50(39)80-51-37-12-7-21-61-19-5-10-33(49(37)61)25-40(46)51;1-11(13-5-4-12(3-2-6-22)7-14(13)28(30)31)40-20-18-19(25-21(23)26-20)27(10-24-18)17-8-15(29)16(41-17)9-39-45(35,36)43-46(37,38)42-44(32,33)34/h14-17,22-25,28-29,43-45,65H,3-7,9-13,18-21,26-27H2,1H3,(H6-,56,58,59,66,67,70,71,72,73,74,75,76);4-5,7,10-11,15-17,29H,6,8-9,22H2,1H3,(H,35,36)(H,37,38)(H2,23,25,26)(H2,32,33,34)/t29?,43?,44-,45-;11?,15?,16-,17-/m11/s1. The molecule has 11 heterocycles. The number of rotatable bonds is 29. The molecule has 12 atom stereocenters. The van der Waals surface area contributed by atoms with E-state index >= 15 is 0 Å². The Bertz CT molecular complexity index is 6760. The van der Waals surface area contributed by atoms with E-state index < -0.39 is 125 Å². The van der Waals surface area contributed by atoms with E-state index in [2.05, 4.69) is 101 Å². The number of aryl methyl sites for hydroxylation is 2. The van der Waals surface area contributed by atoms with E-state index in [9.17, 15) is 92.1 Å². The van der Waals surface area contributed by atoms with E-state index in [0.717, 1.165) is 111 Å². The highest BCUT2D eigenvalue weighted by atomic mass is 31.3. The van der Waals surface area contributed by atoms with Gasteiger partial charge in [0.1, 0.15) is 61.5 Å². The molecule has 16 N–H and O–H groups in total. The third-order valence-corrected chi connectivity index (χ3v) is 29.6. The van der Waals surface area contributed by atoms with Gasteiger partial charge in [-0.25, -0.2) is 41.9 Å². The largest absolute Gasteiger partial charge is 0.545 e. The molecule has 0 amide bonds. The maximum absolute atomic E-state index is 14.2. The first-order valence-electron chi connectivity index (χ1n) is 40.0. The minimum atomic E-state index is -5.80. The molecule has 0 spiro atoms. The summed E-state index contributed by atoms with van der Waals surface area (Å²) in [6.07, 6.45) is -0.154. The topological polar surface area (TPSA) is 721 Å². The van der Waals surface area contributed by atoms with Crippen molar-refractivity contribution in [1.82, 2.24) is 43.6 Å². The van der Waals surface area contributed by atoms with E-state index in [1.807, 2.05) is 0 Å². The maximum atomic E-state index is 14.2. The summed E-state index contributed by atoms with van der Waals surface area (Å²) in [5.41, 5.74) is 25.8. The molecule has 694 valence electrons. The van der Waals surface area contributed by atoms with Gasteiger partial charge in [0, 0.05) is 119 Å². The van der Waals surface area contributed by atoms with Crippen LogP contribution < -0.4 is 56.6 Å². The van der Waals surface area contributed by atoms with Crippen LogP contribution in [0.3, 0.4) is 0 Å². The number of nitrogens with zero attached hydrogens (tertiary/aromatic N) is 12. The van der Waals surface area contributed by atoms with Crippen LogP contribution in [0.5, 0.6) is 23.3 Å². The minimum Gasteiger partial charge on any atom is -0.545 e. The van der Waals surface area contributed by atoms with Crippen LogP contribution >= 0.6 is 46.9 Å². The summed E-state index contributed by atoms with van der Waals surface area (Å²) in [5, 5.41) is 60.7. The van der Waals surface area contributed by atoms with Crippen LogP contribution in [-0.2, 0) is 88.8 Å². The summed E-state index contributed by atoms with van der Waals surface area (Å²) >= 11 is 0. The van der Waals surface area contributed by atoms with Gasteiger partial charge in [0.2, 0.25) is 29.0 Å². The fraction of sp³-hybridized carbons (Fsp3) is 0.382. The van der Waals surface area contributed by atoms with Crippen LogP contribution in [0.25, 0.3) is 27.9 Å². The number of nitro groups is 2. The average Bonchev–Trinajstić information content (AvgIpc) is 0.997. The van der Waals surface area contributed by atoms with Crippen LogP contribution in [0, 0.1) is 43.9 Å². The highest BCUT2D eigenvalue weighted by Gasteiger charge is 2.47. The van der Waals surface area contributed by atoms with Crippen LogP contribution in [0.4, 0.5) is 29.0 Å². The molecule has 16 rings (SSSR count). The zero-order valence-corrected chi connectivity index (χ0v) is 74.0. The molecule has 7 aliphatic rings. The Labute approximate surface area is 739 Å². The van der Waals surface area contributed by atoms with Crippen LogP contribution in [0.2, 0.25) is 0 Å². The van der Waals surface area contributed by atoms with Gasteiger partial charge < -0.3 is 105 Å². The molecule has 4 aromatic heterocycles. The van der Waals surface area contributed by atoms with Gasteiger partial charge >= 0.3 is 46.9 Å². The fourth-order valence-electron chi connectivity index (χ4n) is 16.7. The van der Waals surface area contributed by atoms with Crippen LogP contribution in [0.15, 0.2) is 79.4 Å². The normalized spacial score (nSPS) is 20.8. The number of imidazole rings is 2. The number of anilines is 3. The second-order valence-corrected chi connectivity index (χ2v) is 39.6. The van der Waals surface area contributed by atoms with Crippen molar-refractivity contribution in [2.75, 3.05) is 62.3 Å². The first kappa shape index (κ1) is 95.0. The lowest BCUT2D eigenvalue weighted by Gasteiger charge is -2.39. The number of aromatic carboxylic acids is 1. The van der Waals surface area contributed by atoms with Crippen molar-refractivity contribution in [3.63, 3.8) is 0 Å². The number of hydrogen-bond donors (Lipinski definition) is 13. The monoisotopic (exact) mass is 1930 g/mol. The number of phosphoric ester groups is 2. The SMILES string of the molecule is CC(Oc1nc(N)nc2c1ncn2[C@H]1CC(O)[C@@H](COP(=O)(O)OP(=O)(O)OP(=O)(O)O)O1)c1ccc(C#CCCC(=O)c2ccc(C(=O)[O-])c(C3=c4cc5c6c(c4Oc4c3cc3c7c4CCCN7CCC3)CCC[N+]=6CCC5)c2)cc1[N+](=O)[O-].CC(Oc1nc(N)nc2c1ncn2[C@H]1CC(O)[C@@H](COP(=O)(O)OP(=O)(O)OP(=O)(O)O)O1)c1ccc(C#CCN)cc1[N+](=O)[O-]. The molecule has 55 heteroatoms. The number of carbonyl (C=O) groups is 2. The zero-order valence-electron chi connectivity index (χ0n) is 68.6. The summed E-state index contributed by atoms with van der Waals surface area (Å²) in [6.45, 7) is 5.15. The lowest BCUT2D eigenvalue weighted by Crippen LogP contribution is -2.45. The van der Waals surface area contributed by atoms with Gasteiger partial charge in [0.15, 0.2) is 28.1 Å². The first-order valence-corrected chi connectivity index (χ1v) is 49.0. The van der Waals surface area contributed by atoms with E-state index in [0.29, 0.717) is 16.7 Å². The Morgan fingerprint density at radius 2 is 1.11 bits per heavy atom. The van der Waals surface area contributed by atoms with Crippen LogP contribution in [0.1, 0.15) is 166 Å². The number of Topliss-reactive ketones (excluding diaryl/α,β-unsaturated/α-hetero) is 1. The van der Waals surface area contributed by atoms with Crippen molar-refractivity contribution in [3.05, 3.63) is 177 Å². The molecule has 49 nitrogen and oxygen atoms in total. The van der Waals surface area contributed by atoms with Crippen molar-refractivity contribution in [3.8, 4) is 46.9 Å². The molecule has 7 aliphatic heterocycles. The van der Waals surface area contributed by atoms with Crippen molar-refractivity contribution in [1.29, 1.82) is 0 Å². The molecular weight excluding hydrogens is 1850 g/mol. The van der Waals surface area contributed by atoms with Crippen molar-refractivity contribution in [2.24, 2.45) is 5.73 Å². The van der Waals surface area contributed by atoms with E-state index in [1.165, 1.54) is 94.2 Å². The van der Waals surface area contributed by atoms with E-state index in [4.69, 9.17) is 60.5 Å². The number of ether oxygens (including phenoxy) is 5. The van der Waals surface area contributed by atoms with E-state index in [-0.39, 0.29) is 123 Å². The Morgan fingerprint density at radius 1 is 0.611 bits per heavy atom. The number of aromatic nitrogens is 8. The molecule has 0 bridgehead atoms. The predicted octanol–water partition coefficient (Wildman–Crippen LogP) is 5.02. The lowest BCUT2D eigenvalue weighted by atomic mass is 9.81. The number of carboxylic acid groups (broad SMARTS) is 1. The molecule has 2 fully saturated rings. The number of benzene rings is 5. The van der Waals surface area contributed by atoms with Crippen molar-refractivity contribution < 1.29 is 151 Å². The summed E-state index contributed by atoms with van der Waals surface area (Å²) in [6, 6.07) is 17.5. The average molecular weight is 1930 g/mol. The summed E-state index contributed by atoms with van der Waals surface area (Å²) < 4.78 is 129. The summed E-state index contributed by atoms with van der Waals surface area (Å²) in [5.74, 6) is 10.1. The van der Waals surface area contributed by atoms with E-state index in [1.54, 1.807) is 18.2 Å². The number of ketones is 1. The third-order valence-electron chi connectivity index (χ3n) is 21.9. The number of nitro benzene ring substituents is 2. The van der Waals surface area contributed by atoms with Gasteiger partial charge in [-0.1, -0.05) is 35.8 Å². The number of carboxylic acids is 1. The van der Waals surface area contributed by atoms with Gasteiger partial charge in [0.25, 0.3) is 11.4 Å². The van der Waals surface area contributed by atoms with Crippen LogP contribution in [-0.4, -0.2) is 180 Å². The van der Waals surface area contributed by atoms with Gasteiger partial charge in [-0.05, 0) is 106 Å². The number of aliphatic hydroxyl groups is 2. The minimum absolute atomic E-state index is 0.0119. The number of fused-ring (bicyclic) bond motifs is 6. The maximum Gasteiger partial charge on any atom is 0.490 e. The molecule has 5 aromatic carbocycles. The quantitative estimate of drug-likeness (QED) is 0.00730. The second kappa shape index (κ2) is 37.8. The smallest absolute Gasteiger partial charge is 0.490 e. The van der Waals surface area contributed by atoms with Gasteiger partial charge in [0.05, 0.1) is 77.1 Å². The first-order chi connectivity index (χ1) is 61.9. The molecule has 9 aromatic rings. The zero-order chi connectivity index (χ0) is 93.9. The molecular formula is C76H81N15O34P6. The van der Waals surface area contributed by atoms with Gasteiger partial charge in [-0.2, -0.15) is 37.2 Å². The number of nitrogen functional groups attached to an aromatic ring is 2. The number of carbonyl (C=O) groups excluding carboxylic acids is 2. The Balaban J connectivity index is 0.000000241. The second-order valence-electron chi connectivity index (χ2n) is 30.8. The summed E-state index contributed by atoms with van der Waals surface area (Å²) in [7, 11) is -33.8. The lowest BCUT2D eigenvalue weighted by molar-refractivity contribution is -0.386. The summed E-state index contributed by atoms with van der Waals surface area (Å²) in [4.78, 5) is 151. The van der Waals surface area contributed by atoms with Crippen molar-refractivity contribution in [2.45, 2.75) is 140 Å². The van der Waals surface area contributed by atoms with Gasteiger partial charge in [-0.3, -0.25) is 43.2 Å². The molecule has 0 radical (unpaired) electrons. The van der Waals surface area contributed by atoms with Gasteiger partial charge in [-0.15, -0.1) is 0 Å². The Kier molecular flexibility index (Phi) is 27.4. The number of phosphoric acid groups is 6. The third kappa shape index (κ3) is 21.4. The van der Waals surface area contributed by atoms with Crippen molar-refractivity contribution >= 4 is 116 Å². The number of aliphatic hydroxyl groups excluding tert-OH is 2. The molecule has 0 saturated carbocycles. The highest BCUT2D eigenvalue weighted by Crippen LogP contribution is 2.68. The molecule has 2 saturated heterocycles. The fourth-order valence-corrected chi connectivity index (χ4v) is 22.7. The highest BCUT2D eigenvalue weighted by molar-refractivity contribution is 7.67. The Hall–Kier alpha value is -10.6. The number of hydrogen-bond acceptors (Lipinski definition) is 36. The predicted molar refractivity (Wildman–Crippen MR) is 450 cm³/mol. The molecule has 131 heavy (non-hydrogen) atoms.